The van der Waals surface area contributed by atoms with Crippen molar-refractivity contribution in [1.82, 2.24) is 15.2 Å². The molecule has 1 saturated heterocycles. The minimum atomic E-state index is -0.211. The van der Waals surface area contributed by atoms with E-state index in [1.807, 2.05) is 4.90 Å². The molecule has 0 aromatic carbocycles. The van der Waals surface area contributed by atoms with Crippen LogP contribution in [0.1, 0.15) is 60.0 Å². The minimum absolute atomic E-state index is 0.0714. The number of unbranched alkanes of at least 4 members (excludes halogenated alkanes) is 1. The molecule has 1 aliphatic rings. The van der Waals surface area contributed by atoms with E-state index in [-0.39, 0.29) is 11.8 Å². The molecule has 0 saturated carbocycles. The van der Waals surface area contributed by atoms with Crippen molar-refractivity contribution in [3.05, 3.63) is 29.6 Å². The van der Waals surface area contributed by atoms with E-state index in [4.69, 9.17) is 0 Å². The minimum Gasteiger partial charge on any atom is -0.351 e. The molecule has 1 N–H and O–H groups in total. The molecule has 1 aliphatic heterocycles. The molecule has 0 radical (unpaired) electrons. The number of aromatic nitrogens is 1. The number of hydrogen-bond donors (Lipinski definition) is 1. The summed E-state index contributed by atoms with van der Waals surface area (Å²) < 4.78 is 0. The van der Waals surface area contributed by atoms with Crippen molar-refractivity contribution >= 4 is 11.8 Å². The van der Waals surface area contributed by atoms with Crippen LogP contribution in [0.25, 0.3) is 0 Å². The lowest BCUT2D eigenvalue weighted by Gasteiger charge is -2.26. The molecule has 0 unspecified atom stereocenters. The number of pyridine rings is 1. The number of amides is 2. The molecule has 21 heavy (non-hydrogen) atoms. The van der Waals surface area contributed by atoms with Gasteiger partial charge in [-0.1, -0.05) is 19.4 Å². The number of rotatable bonds is 5. The van der Waals surface area contributed by atoms with Crippen LogP contribution in [0, 0.1) is 0 Å². The summed E-state index contributed by atoms with van der Waals surface area (Å²) in [6.45, 7) is 4.28. The third kappa shape index (κ3) is 4.28. The second kappa shape index (κ2) is 7.76. The fraction of sp³-hybridized carbons (Fsp3) is 0.562. The Hall–Kier alpha value is -1.91. The van der Waals surface area contributed by atoms with Crippen molar-refractivity contribution in [3.8, 4) is 0 Å². The standard InChI is InChI=1S/C16H23N3O2/c1-2-3-10-17-15(20)13-8-7-9-14(18-13)16(21)19-11-5-4-6-12-19/h7-9H,2-6,10-12H2,1H3,(H,17,20). The molecule has 5 heteroatoms. The SMILES string of the molecule is CCCCNC(=O)c1cccc(C(=O)N2CCCCC2)n1. The molecule has 1 fully saturated rings. The van der Waals surface area contributed by atoms with Crippen molar-refractivity contribution in [2.45, 2.75) is 39.0 Å². The van der Waals surface area contributed by atoms with Gasteiger partial charge >= 0.3 is 0 Å². The molecule has 1 aromatic heterocycles. The van der Waals surface area contributed by atoms with E-state index < -0.39 is 0 Å². The van der Waals surface area contributed by atoms with Gasteiger partial charge in [0.15, 0.2) is 0 Å². The Kier molecular flexibility index (Phi) is 5.72. The highest BCUT2D eigenvalue weighted by Crippen LogP contribution is 2.12. The highest BCUT2D eigenvalue weighted by atomic mass is 16.2. The van der Waals surface area contributed by atoms with Crippen molar-refractivity contribution in [1.29, 1.82) is 0 Å². The first-order chi connectivity index (χ1) is 10.2. The van der Waals surface area contributed by atoms with E-state index in [1.54, 1.807) is 18.2 Å². The lowest BCUT2D eigenvalue weighted by molar-refractivity contribution is 0.0718. The third-order valence-corrected chi connectivity index (χ3v) is 3.66. The topological polar surface area (TPSA) is 62.3 Å². The average Bonchev–Trinajstić information content (AvgIpc) is 2.55. The first-order valence-electron chi connectivity index (χ1n) is 7.77. The molecule has 5 nitrogen and oxygen atoms in total. The summed E-state index contributed by atoms with van der Waals surface area (Å²) in [5, 5.41) is 2.82. The van der Waals surface area contributed by atoms with Gasteiger partial charge in [-0.2, -0.15) is 0 Å². The zero-order valence-corrected chi connectivity index (χ0v) is 12.6. The fourth-order valence-corrected chi connectivity index (χ4v) is 2.41. The van der Waals surface area contributed by atoms with Gasteiger partial charge in [-0.05, 0) is 37.8 Å². The largest absolute Gasteiger partial charge is 0.351 e. The number of hydrogen-bond acceptors (Lipinski definition) is 3. The van der Waals surface area contributed by atoms with Crippen LogP contribution in [0.15, 0.2) is 18.2 Å². The highest BCUT2D eigenvalue weighted by Gasteiger charge is 2.20. The molecular weight excluding hydrogens is 266 g/mol. The molecule has 114 valence electrons. The average molecular weight is 289 g/mol. The zero-order valence-electron chi connectivity index (χ0n) is 12.6. The maximum atomic E-state index is 12.4. The Labute approximate surface area is 125 Å². The molecular formula is C16H23N3O2. The van der Waals surface area contributed by atoms with Crippen LogP contribution in [0.2, 0.25) is 0 Å². The van der Waals surface area contributed by atoms with Gasteiger partial charge in [-0.3, -0.25) is 9.59 Å². The van der Waals surface area contributed by atoms with E-state index in [1.165, 1.54) is 6.42 Å². The van der Waals surface area contributed by atoms with Gasteiger partial charge in [0.05, 0.1) is 0 Å². The Morgan fingerprint density at radius 1 is 1.19 bits per heavy atom. The monoisotopic (exact) mass is 289 g/mol. The molecule has 0 spiro atoms. The number of carbonyl (C=O) groups is 2. The summed E-state index contributed by atoms with van der Waals surface area (Å²) in [7, 11) is 0. The maximum absolute atomic E-state index is 12.4. The van der Waals surface area contributed by atoms with Crippen LogP contribution in [0.4, 0.5) is 0 Å². The van der Waals surface area contributed by atoms with Crippen LogP contribution in [0.3, 0.4) is 0 Å². The molecule has 2 heterocycles. The Bertz CT molecular complexity index is 496. The number of piperidine rings is 1. The number of carbonyl (C=O) groups excluding carboxylic acids is 2. The van der Waals surface area contributed by atoms with Gasteiger partial charge < -0.3 is 10.2 Å². The van der Waals surface area contributed by atoms with Gasteiger partial charge in [0.2, 0.25) is 0 Å². The number of likely N-dealkylation sites (tertiary alicyclic amines) is 1. The summed E-state index contributed by atoms with van der Waals surface area (Å²) in [6, 6.07) is 5.05. The highest BCUT2D eigenvalue weighted by molar-refractivity contribution is 5.96. The lowest BCUT2D eigenvalue weighted by atomic mass is 10.1. The quantitative estimate of drug-likeness (QED) is 0.846. The Morgan fingerprint density at radius 2 is 1.90 bits per heavy atom. The first kappa shape index (κ1) is 15.5. The van der Waals surface area contributed by atoms with E-state index >= 15 is 0 Å². The Morgan fingerprint density at radius 3 is 2.62 bits per heavy atom. The molecule has 0 bridgehead atoms. The predicted octanol–water partition coefficient (Wildman–Crippen LogP) is 2.24. The summed E-state index contributed by atoms with van der Waals surface area (Å²) in [4.78, 5) is 30.4. The third-order valence-electron chi connectivity index (χ3n) is 3.66. The molecule has 2 rings (SSSR count). The van der Waals surface area contributed by atoms with Gasteiger partial charge in [0.25, 0.3) is 11.8 Å². The van der Waals surface area contributed by atoms with Crippen molar-refractivity contribution in [3.63, 3.8) is 0 Å². The summed E-state index contributed by atoms with van der Waals surface area (Å²) >= 11 is 0. The van der Waals surface area contributed by atoms with E-state index in [2.05, 4.69) is 17.2 Å². The summed E-state index contributed by atoms with van der Waals surface area (Å²) in [5.41, 5.74) is 0.675. The maximum Gasteiger partial charge on any atom is 0.272 e. The fourth-order valence-electron chi connectivity index (χ4n) is 2.41. The smallest absolute Gasteiger partial charge is 0.272 e. The summed E-state index contributed by atoms with van der Waals surface area (Å²) in [6.07, 6.45) is 5.24. The van der Waals surface area contributed by atoms with Gasteiger partial charge in [-0.25, -0.2) is 4.98 Å². The normalized spacial score (nSPS) is 14.8. The number of nitrogens with one attached hydrogen (secondary N) is 1. The Balaban J connectivity index is 2.02. The van der Waals surface area contributed by atoms with E-state index in [0.29, 0.717) is 17.9 Å². The second-order valence-electron chi connectivity index (χ2n) is 5.37. The van der Waals surface area contributed by atoms with Crippen molar-refractivity contribution in [2.75, 3.05) is 19.6 Å². The van der Waals surface area contributed by atoms with Crippen molar-refractivity contribution in [2.24, 2.45) is 0 Å². The van der Waals surface area contributed by atoms with E-state index in [0.717, 1.165) is 38.8 Å². The predicted molar refractivity (Wildman–Crippen MR) is 81.2 cm³/mol. The molecule has 1 aromatic rings. The molecule has 0 atom stereocenters. The van der Waals surface area contributed by atoms with Gasteiger partial charge in [0.1, 0.15) is 11.4 Å². The van der Waals surface area contributed by atoms with Crippen LogP contribution in [0.5, 0.6) is 0 Å². The van der Waals surface area contributed by atoms with Gasteiger partial charge in [-0.15, -0.1) is 0 Å². The molecule has 0 aliphatic carbocycles. The first-order valence-corrected chi connectivity index (χ1v) is 7.77. The second-order valence-corrected chi connectivity index (χ2v) is 5.37. The van der Waals surface area contributed by atoms with E-state index in [9.17, 15) is 9.59 Å². The van der Waals surface area contributed by atoms with Crippen LogP contribution >= 0.6 is 0 Å². The van der Waals surface area contributed by atoms with Crippen molar-refractivity contribution < 1.29 is 9.59 Å². The van der Waals surface area contributed by atoms with Crippen LogP contribution in [-0.2, 0) is 0 Å². The lowest BCUT2D eigenvalue weighted by Crippen LogP contribution is -2.36. The van der Waals surface area contributed by atoms with Gasteiger partial charge in [0, 0.05) is 19.6 Å². The zero-order chi connectivity index (χ0) is 15.1. The van der Waals surface area contributed by atoms with Crippen LogP contribution in [-0.4, -0.2) is 41.3 Å². The summed E-state index contributed by atoms with van der Waals surface area (Å²) in [5.74, 6) is -0.283. The molecule has 2 amide bonds. The number of nitrogens with zero attached hydrogens (tertiary/aromatic N) is 2. The van der Waals surface area contributed by atoms with Crippen LogP contribution < -0.4 is 5.32 Å².